The number of hydrogen-bond donors (Lipinski definition) is 1. The molecule has 1 aliphatic rings. The molecule has 2 rings (SSSR count). The zero-order valence-corrected chi connectivity index (χ0v) is 14.9. The molecule has 128 valence electrons. The molecule has 1 fully saturated rings. The molecule has 0 unspecified atom stereocenters. The Kier molecular flexibility index (Phi) is 5.81. The van der Waals surface area contributed by atoms with Crippen LogP contribution < -0.4 is 5.32 Å². The first-order chi connectivity index (χ1) is 10.8. The van der Waals surface area contributed by atoms with E-state index >= 15 is 0 Å². The van der Waals surface area contributed by atoms with Gasteiger partial charge in [0.1, 0.15) is 0 Å². The summed E-state index contributed by atoms with van der Waals surface area (Å²) in [5.41, 5.74) is 1.87. The van der Waals surface area contributed by atoms with Gasteiger partial charge in [-0.3, -0.25) is 4.79 Å². The second-order valence-electron chi connectivity index (χ2n) is 6.58. The molecule has 0 aliphatic carbocycles. The summed E-state index contributed by atoms with van der Waals surface area (Å²) in [7, 11) is -3.32. The molecular formula is C17H26N2O3S. The largest absolute Gasteiger partial charge is 0.354 e. The molecule has 1 aromatic rings. The van der Waals surface area contributed by atoms with Crippen molar-refractivity contribution < 1.29 is 13.2 Å². The van der Waals surface area contributed by atoms with E-state index < -0.39 is 10.0 Å². The number of aryl methyl sites for hydroxylation is 1. The van der Waals surface area contributed by atoms with E-state index in [0.717, 1.165) is 11.1 Å². The lowest BCUT2D eigenvalue weighted by atomic mass is 9.97. The van der Waals surface area contributed by atoms with Crippen LogP contribution in [0.3, 0.4) is 0 Å². The number of piperidine rings is 1. The molecule has 1 saturated heterocycles. The van der Waals surface area contributed by atoms with Crippen molar-refractivity contribution in [3.8, 4) is 0 Å². The summed E-state index contributed by atoms with van der Waals surface area (Å²) in [6.45, 7) is 6.66. The fourth-order valence-electron chi connectivity index (χ4n) is 2.90. The lowest BCUT2D eigenvalue weighted by molar-refractivity contribution is -0.126. The van der Waals surface area contributed by atoms with Gasteiger partial charge in [-0.05, 0) is 39.2 Å². The summed E-state index contributed by atoms with van der Waals surface area (Å²) in [6.07, 6.45) is 1.18. The molecule has 1 amide bonds. The Morgan fingerprint density at radius 3 is 2.52 bits per heavy atom. The van der Waals surface area contributed by atoms with Crippen LogP contribution in [0.5, 0.6) is 0 Å². The number of hydrogen-bond acceptors (Lipinski definition) is 3. The Bertz CT molecular complexity index is 648. The zero-order valence-electron chi connectivity index (χ0n) is 14.1. The van der Waals surface area contributed by atoms with Crippen molar-refractivity contribution in [1.29, 1.82) is 0 Å². The third-order valence-corrected chi connectivity index (χ3v) is 5.93. The molecule has 1 heterocycles. The van der Waals surface area contributed by atoms with Crippen molar-refractivity contribution in [2.45, 2.75) is 45.4 Å². The van der Waals surface area contributed by atoms with Crippen molar-refractivity contribution >= 4 is 15.9 Å². The highest BCUT2D eigenvalue weighted by molar-refractivity contribution is 7.88. The molecule has 0 saturated carbocycles. The lowest BCUT2D eigenvalue weighted by Crippen LogP contribution is -2.44. The van der Waals surface area contributed by atoms with Crippen LogP contribution in [-0.2, 0) is 20.6 Å². The predicted molar refractivity (Wildman–Crippen MR) is 91.4 cm³/mol. The first kappa shape index (κ1) is 17.9. The van der Waals surface area contributed by atoms with Crippen molar-refractivity contribution in [3.05, 3.63) is 35.4 Å². The highest BCUT2D eigenvalue weighted by Gasteiger charge is 2.31. The minimum absolute atomic E-state index is 0.0253. The van der Waals surface area contributed by atoms with E-state index in [-0.39, 0.29) is 23.6 Å². The molecule has 1 N–H and O–H groups in total. The van der Waals surface area contributed by atoms with Gasteiger partial charge in [0, 0.05) is 25.0 Å². The molecular weight excluding hydrogens is 312 g/mol. The summed E-state index contributed by atoms with van der Waals surface area (Å²) < 4.78 is 26.6. The molecule has 5 nitrogen and oxygen atoms in total. The van der Waals surface area contributed by atoms with Gasteiger partial charge in [0.05, 0.1) is 5.75 Å². The molecule has 0 spiro atoms. The Hall–Kier alpha value is -1.40. The minimum Gasteiger partial charge on any atom is -0.354 e. The fraction of sp³-hybridized carbons (Fsp3) is 0.588. The molecule has 23 heavy (non-hydrogen) atoms. The smallest absolute Gasteiger partial charge is 0.223 e. The van der Waals surface area contributed by atoms with Gasteiger partial charge in [-0.1, -0.05) is 29.8 Å². The van der Waals surface area contributed by atoms with Crippen LogP contribution in [0.4, 0.5) is 0 Å². The minimum atomic E-state index is -3.32. The quantitative estimate of drug-likeness (QED) is 0.894. The number of benzene rings is 1. The maximum atomic E-state index is 12.5. The van der Waals surface area contributed by atoms with Gasteiger partial charge in [0.2, 0.25) is 15.9 Å². The van der Waals surface area contributed by atoms with E-state index in [0.29, 0.717) is 25.9 Å². The van der Waals surface area contributed by atoms with Crippen molar-refractivity contribution in [1.82, 2.24) is 9.62 Å². The zero-order chi connectivity index (χ0) is 17.0. The molecule has 0 aromatic heterocycles. The third-order valence-electron chi connectivity index (χ3n) is 4.08. The van der Waals surface area contributed by atoms with Gasteiger partial charge in [-0.25, -0.2) is 12.7 Å². The van der Waals surface area contributed by atoms with E-state index in [1.54, 1.807) is 0 Å². The van der Waals surface area contributed by atoms with Gasteiger partial charge in [-0.2, -0.15) is 0 Å². The number of rotatable bonds is 5. The SMILES string of the molecule is Cc1cccc(CS(=O)(=O)N2CCC(C(=O)NC(C)C)CC2)c1. The van der Waals surface area contributed by atoms with E-state index in [2.05, 4.69) is 5.32 Å². The lowest BCUT2D eigenvalue weighted by Gasteiger charge is -2.31. The van der Waals surface area contributed by atoms with Crippen molar-refractivity contribution in [2.24, 2.45) is 5.92 Å². The van der Waals surface area contributed by atoms with Crippen LogP contribution in [0.15, 0.2) is 24.3 Å². The summed E-state index contributed by atoms with van der Waals surface area (Å²) in [5, 5.41) is 2.91. The summed E-state index contributed by atoms with van der Waals surface area (Å²) >= 11 is 0. The number of nitrogens with zero attached hydrogens (tertiary/aromatic N) is 1. The molecule has 0 bridgehead atoms. The predicted octanol–water partition coefficient (Wildman–Crippen LogP) is 2.06. The average molecular weight is 338 g/mol. The highest BCUT2D eigenvalue weighted by atomic mass is 32.2. The number of carbonyl (C=O) groups excluding carboxylic acids is 1. The Balaban J connectivity index is 1.94. The van der Waals surface area contributed by atoms with Gasteiger partial charge in [0.25, 0.3) is 0 Å². The van der Waals surface area contributed by atoms with Gasteiger partial charge in [-0.15, -0.1) is 0 Å². The number of nitrogens with one attached hydrogen (secondary N) is 1. The molecule has 6 heteroatoms. The summed E-state index contributed by atoms with van der Waals surface area (Å²) in [5.74, 6) is -0.0177. The number of amides is 1. The number of carbonyl (C=O) groups is 1. The first-order valence-electron chi connectivity index (χ1n) is 8.11. The van der Waals surface area contributed by atoms with Gasteiger partial charge < -0.3 is 5.32 Å². The summed E-state index contributed by atoms with van der Waals surface area (Å²) in [6, 6.07) is 7.69. The maximum absolute atomic E-state index is 12.5. The Morgan fingerprint density at radius 1 is 1.30 bits per heavy atom. The normalized spacial score (nSPS) is 17.4. The van der Waals surface area contributed by atoms with Crippen molar-refractivity contribution in [3.63, 3.8) is 0 Å². The van der Waals surface area contributed by atoms with Crippen LogP contribution in [0.2, 0.25) is 0 Å². The first-order valence-corrected chi connectivity index (χ1v) is 9.72. The number of sulfonamides is 1. The fourth-order valence-corrected chi connectivity index (χ4v) is 4.45. The van der Waals surface area contributed by atoms with Crippen molar-refractivity contribution in [2.75, 3.05) is 13.1 Å². The Morgan fingerprint density at radius 2 is 1.96 bits per heavy atom. The third kappa shape index (κ3) is 5.04. The molecule has 0 atom stereocenters. The molecule has 1 aliphatic heterocycles. The van der Waals surface area contributed by atoms with Crippen LogP contribution in [0.25, 0.3) is 0 Å². The second-order valence-corrected chi connectivity index (χ2v) is 8.55. The monoisotopic (exact) mass is 338 g/mol. The van der Waals surface area contributed by atoms with Gasteiger partial charge in [0.15, 0.2) is 0 Å². The van der Waals surface area contributed by atoms with Crippen LogP contribution >= 0.6 is 0 Å². The van der Waals surface area contributed by atoms with E-state index in [1.165, 1.54) is 4.31 Å². The topological polar surface area (TPSA) is 66.5 Å². The standard InChI is InChI=1S/C17H26N2O3S/c1-13(2)18-17(20)16-7-9-19(10-8-16)23(21,22)12-15-6-4-5-14(3)11-15/h4-6,11,13,16H,7-10,12H2,1-3H3,(H,18,20). The maximum Gasteiger partial charge on any atom is 0.223 e. The summed E-state index contributed by atoms with van der Waals surface area (Å²) in [4.78, 5) is 12.0. The van der Waals surface area contributed by atoms with E-state index in [1.807, 2.05) is 45.0 Å². The van der Waals surface area contributed by atoms with Gasteiger partial charge >= 0.3 is 0 Å². The average Bonchev–Trinajstić information content (AvgIpc) is 2.46. The van der Waals surface area contributed by atoms with E-state index in [9.17, 15) is 13.2 Å². The second kappa shape index (κ2) is 7.45. The molecule has 0 radical (unpaired) electrons. The molecule has 1 aromatic carbocycles. The van der Waals surface area contributed by atoms with Crippen LogP contribution in [-0.4, -0.2) is 37.8 Å². The Labute approximate surface area is 139 Å². The van der Waals surface area contributed by atoms with Crippen LogP contribution in [0, 0.1) is 12.8 Å². The van der Waals surface area contributed by atoms with Crippen LogP contribution in [0.1, 0.15) is 37.8 Å². The highest BCUT2D eigenvalue weighted by Crippen LogP contribution is 2.22. The van der Waals surface area contributed by atoms with E-state index in [4.69, 9.17) is 0 Å².